The van der Waals surface area contributed by atoms with Crippen molar-refractivity contribution in [1.29, 1.82) is 0 Å². The first-order valence-electron chi connectivity index (χ1n) is 6.51. The lowest BCUT2D eigenvalue weighted by Gasteiger charge is -2.04. The molecule has 102 valence electrons. The monoisotopic (exact) mass is 338 g/mol. The fourth-order valence-corrected chi connectivity index (χ4v) is 2.99. The summed E-state index contributed by atoms with van der Waals surface area (Å²) in [6.45, 7) is 0. The quantitative estimate of drug-likeness (QED) is 0.572. The van der Waals surface area contributed by atoms with E-state index in [1.54, 1.807) is 0 Å². The third-order valence-electron chi connectivity index (χ3n) is 3.56. The number of nitrogen functional groups attached to an aromatic ring is 1. The van der Waals surface area contributed by atoms with Crippen molar-refractivity contribution in [2.75, 3.05) is 5.73 Å². The molecule has 0 fully saturated rings. The molecule has 3 aromatic heterocycles. The van der Waals surface area contributed by atoms with Gasteiger partial charge in [0.2, 0.25) is 0 Å². The van der Waals surface area contributed by atoms with Gasteiger partial charge in [-0.05, 0) is 33.4 Å². The summed E-state index contributed by atoms with van der Waals surface area (Å²) in [6, 6.07) is 12.0. The number of hydrogen-bond acceptors (Lipinski definition) is 3. The van der Waals surface area contributed by atoms with E-state index < -0.39 is 0 Å². The van der Waals surface area contributed by atoms with Crippen LogP contribution in [0.25, 0.3) is 27.7 Å². The van der Waals surface area contributed by atoms with Gasteiger partial charge in [0.05, 0.1) is 4.47 Å². The van der Waals surface area contributed by atoms with Gasteiger partial charge < -0.3 is 5.73 Å². The van der Waals surface area contributed by atoms with Crippen LogP contribution in [0.3, 0.4) is 0 Å². The van der Waals surface area contributed by atoms with Crippen molar-refractivity contribution in [1.82, 2.24) is 14.4 Å². The summed E-state index contributed by atoms with van der Waals surface area (Å²) in [4.78, 5) is 8.99. The number of aromatic nitrogens is 3. The van der Waals surface area contributed by atoms with E-state index in [1.165, 1.54) is 0 Å². The molecule has 0 saturated carbocycles. The summed E-state index contributed by atoms with van der Waals surface area (Å²) in [5.74, 6) is 0.615. The Bertz CT molecular complexity index is 969. The summed E-state index contributed by atoms with van der Waals surface area (Å²) in [5, 5.41) is 2.17. The molecule has 2 N–H and O–H groups in total. The maximum atomic E-state index is 6.28. The lowest BCUT2D eigenvalue weighted by molar-refractivity contribution is 1.19. The summed E-state index contributed by atoms with van der Waals surface area (Å²) in [7, 11) is 0. The van der Waals surface area contributed by atoms with Gasteiger partial charge >= 0.3 is 0 Å². The minimum absolute atomic E-state index is 0.615. The van der Waals surface area contributed by atoms with Crippen molar-refractivity contribution >= 4 is 38.2 Å². The highest BCUT2D eigenvalue weighted by atomic mass is 79.9. The Labute approximate surface area is 129 Å². The molecule has 0 saturated heterocycles. The van der Waals surface area contributed by atoms with Crippen LogP contribution in [-0.2, 0) is 0 Å². The molecular weight excluding hydrogens is 328 g/mol. The molecule has 4 nitrogen and oxygen atoms in total. The van der Waals surface area contributed by atoms with Crippen molar-refractivity contribution in [2.24, 2.45) is 0 Å². The smallest absolute Gasteiger partial charge is 0.153 e. The molecule has 0 spiro atoms. The number of nitrogens with two attached hydrogens (primary N) is 1. The van der Waals surface area contributed by atoms with E-state index >= 15 is 0 Å². The van der Waals surface area contributed by atoms with Crippen LogP contribution in [0.5, 0.6) is 0 Å². The van der Waals surface area contributed by atoms with Crippen LogP contribution in [0.1, 0.15) is 0 Å². The Hall–Kier alpha value is -2.40. The first-order chi connectivity index (χ1) is 10.3. The molecule has 5 heteroatoms. The molecule has 0 radical (unpaired) electrons. The zero-order chi connectivity index (χ0) is 14.4. The van der Waals surface area contributed by atoms with Gasteiger partial charge in [0.1, 0.15) is 11.5 Å². The van der Waals surface area contributed by atoms with E-state index in [0.29, 0.717) is 5.82 Å². The topological polar surface area (TPSA) is 56.2 Å². The lowest BCUT2D eigenvalue weighted by Crippen LogP contribution is -1.94. The molecule has 0 bridgehead atoms. The number of imidazole rings is 1. The minimum atomic E-state index is 0.615. The number of halogens is 1. The SMILES string of the molecule is Nc1c(-c2cncc3ccccc23)nc2c(Br)cccn12. The summed E-state index contributed by atoms with van der Waals surface area (Å²) in [6.07, 6.45) is 5.57. The number of pyridine rings is 2. The van der Waals surface area contributed by atoms with Gasteiger partial charge in [-0.1, -0.05) is 24.3 Å². The van der Waals surface area contributed by atoms with E-state index in [0.717, 1.165) is 32.1 Å². The van der Waals surface area contributed by atoms with Gasteiger partial charge in [-0.2, -0.15) is 0 Å². The van der Waals surface area contributed by atoms with Gasteiger partial charge in [-0.3, -0.25) is 9.38 Å². The van der Waals surface area contributed by atoms with Gasteiger partial charge in [0.15, 0.2) is 5.65 Å². The number of fused-ring (bicyclic) bond motifs is 2. The van der Waals surface area contributed by atoms with Gasteiger partial charge in [0, 0.05) is 29.5 Å². The Kier molecular flexibility index (Phi) is 2.68. The first kappa shape index (κ1) is 12.3. The highest BCUT2D eigenvalue weighted by Gasteiger charge is 2.15. The molecule has 3 heterocycles. The predicted octanol–water partition coefficient (Wildman–Crippen LogP) is 3.89. The second-order valence-corrected chi connectivity index (χ2v) is 5.66. The lowest BCUT2D eigenvalue weighted by atomic mass is 10.1. The normalized spacial score (nSPS) is 11.3. The van der Waals surface area contributed by atoms with Crippen LogP contribution in [0, 0.1) is 0 Å². The Morgan fingerprint density at radius 2 is 1.90 bits per heavy atom. The molecule has 0 unspecified atom stereocenters. The van der Waals surface area contributed by atoms with Crippen LogP contribution >= 0.6 is 15.9 Å². The molecule has 4 aromatic rings. The fraction of sp³-hybridized carbons (Fsp3) is 0. The average molecular weight is 339 g/mol. The van der Waals surface area contributed by atoms with E-state index in [9.17, 15) is 0 Å². The van der Waals surface area contributed by atoms with E-state index in [-0.39, 0.29) is 0 Å². The van der Waals surface area contributed by atoms with Gasteiger partial charge in [0.25, 0.3) is 0 Å². The molecule has 0 amide bonds. The van der Waals surface area contributed by atoms with Crippen molar-refractivity contribution < 1.29 is 0 Å². The second kappa shape index (κ2) is 4.56. The molecule has 21 heavy (non-hydrogen) atoms. The molecule has 0 atom stereocenters. The highest BCUT2D eigenvalue weighted by Crippen LogP contribution is 2.33. The standard InChI is InChI=1S/C16H11BrN4/c17-13-6-3-7-21-15(18)14(20-16(13)21)12-9-19-8-10-4-1-2-5-11(10)12/h1-9H,18H2. The maximum absolute atomic E-state index is 6.28. The second-order valence-electron chi connectivity index (χ2n) is 4.80. The van der Waals surface area contributed by atoms with Crippen LogP contribution in [0.15, 0.2) is 59.5 Å². The van der Waals surface area contributed by atoms with Crippen molar-refractivity contribution in [3.63, 3.8) is 0 Å². The molecule has 1 aromatic carbocycles. The Morgan fingerprint density at radius 3 is 2.76 bits per heavy atom. The van der Waals surface area contributed by atoms with Gasteiger partial charge in [-0.25, -0.2) is 4.98 Å². The van der Waals surface area contributed by atoms with Crippen molar-refractivity contribution in [2.45, 2.75) is 0 Å². The predicted molar refractivity (Wildman–Crippen MR) is 88.0 cm³/mol. The average Bonchev–Trinajstić information content (AvgIpc) is 2.85. The third-order valence-corrected chi connectivity index (χ3v) is 4.18. The zero-order valence-corrected chi connectivity index (χ0v) is 12.6. The maximum Gasteiger partial charge on any atom is 0.153 e. The van der Waals surface area contributed by atoms with Crippen molar-refractivity contribution in [3.8, 4) is 11.3 Å². The molecular formula is C16H11BrN4. The van der Waals surface area contributed by atoms with E-state index in [1.807, 2.05) is 53.3 Å². The Balaban J connectivity index is 2.10. The van der Waals surface area contributed by atoms with Gasteiger partial charge in [-0.15, -0.1) is 0 Å². The Morgan fingerprint density at radius 1 is 1.05 bits per heavy atom. The zero-order valence-electron chi connectivity index (χ0n) is 11.0. The number of benzene rings is 1. The van der Waals surface area contributed by atoms with E-state index in [4.69, 9.17) is 5.73 Å². The number of nitrogens with zero attached hydrogens (tertiary/aromatic N) is 3. The number of anilines is 1. The van der Waals surface area contributed by atoms with Crippen LogP contribution in [0.4, 0.5) is 5.82 Å². The summed E-state index contributed by atoms with van der Waals surface area (Å²) >= 11 is 3.51. The molecule has 0 aliphatic carbocycles. The van der Waals surface area contributed by atoms with E-state index in [2.05, 4.69) is 32.0 Å². The fourth-order valence-electron chi connectivity index (χ4n) is 2.56. The summed E-state index contributed by atoms with van der Waals surface area (Å²) in [5.41, 5.74) is 8.79. The molecule has 0 aliphatic rings. The van der Waals surface area contributed by atoms with Crippen LogP contribution < -0.4 is 5.73 Å². The number of hydrogen-bond donors (Lipinski definition) is 1. The summed E-state index contributed by atoms with van der Waals surface area (Å²) < 4.78 is 2.79. The largest absolute Gasteiger partial charge is 0.383 e. The van der Waals surface area contributed by atoms with Crippen LogP contribution in [-0.4, -0.2) is 14.4 Å². The highest BCUT2D eigenvalue weighted by molar-refractivity contribution is 9.10. The number of rotatable bonds is 1. The first-order valence-corrected chi connectivity index (χ1v) is 7.30. The van der Waals surface area contributed by atoms with Crippen molar-refractivity contribution in [3.05, 3.63) is 59.5 Å². The minimum Gasteiger partial charge on any atom is -0.383 e. The third kappa shape index (κ3) is 1.81. The molecule has 4 rings (SSSR count). The van der Waals surface area contributed by atoms with Crippen LogP contribution in [0.2, 0.25) is 0 Å². The molecule has 0 aliphatic heterocycles.